The van der Waals surface area contributed by atoms with E-state index in [1.165, 1.54) is 12.1 Å². The summed E-state index contributed by atoms with van der Waals surface area (Å²) in [6, 6.07) is 5.86. The Balaban J connectivity index is 1.92. The lowest BCUT2D eigenvalue weighted by atomic mass is 10.1. The second-order valence-corrected chi connectivity index (χ2v) is 5.70. The van der Waals surface area contributed by atoms with Crippen LogP contribution in [-0.2, 0) is 0 Å². The van der Waals surface area contributed by atoms with Crippen molar-refractivity contribution < 1.29 is 18.0 Å². The van der Waals surface area contributed by atoms with Gasteiger partial charge in [-0.05, 0) is 30.7 Å². The van der Waals surface area contributed by atoms with E-state index in [0.29, 0.717) is 10.3 Å². The summed E-state index contributed by atoms with van der Waals surface area (Å²) in [5.41, 5.74) is 1.03. The summed E-state index contributed by atoms with van der Waals surface area (Å²) in [6.07, 6.45) is 0. The zero-order valence-electron chi connectivity index (χ0n) is 11.3. The van der Waals surface area contributed by atoms with E-state index in [2.05, 4.69) is 10.3 Å². The molecule has 0 radical (unpaired) electrons. The molecule has 0 unspecified atom stereocenters. The van der Waals surface area contributed by atoms with Crippen LogP contribution >= 0.6 is 11.3 Å². The van der Waals surface area contributed by atoms with Gasteiger partial charge in [-0.3, -0.25) is 10.1 Å². The number of thiazole rings is 1. The highest BCUT2D eigenvalue weighted by Crippen LogP contribution is 2.28. The fraction of sp³-hybridized carbons (Fsp3) is 0.0667. The lowest BCUT2D eigenvalue weighted by molar-refractivity contribution is 0.102. The molecule has 3 rings (SSSR count). The van der Waals surface area contributed by atoms with Crippen molar-refractivity contribution in [2.24, 2.45) is 0 Å². The molecule has 0 fully saturated rings. The summed E-state index contributed by atoms with van der Waals surface area (Å²) >= 11 is 1.01. The molecule has 3 aromatic rings. The van der Waals surface area contributed by atoms with Gasteiger partial charge in [-0.2, -0.15) is 0 Å². The Morgan fingerprint density at radius 2 is 1.86 bits per heavy atom. The van der Waals surface area contributed by atoms with E-state index in [4.69, 9.17) is 0 Å². The standard InChI is InChI=1S/C15H9F3N2OS/c1-7-2-3-8(16)4-9(7)14(21)20-15-19-12-5-10(17)11(18)6-13(12)22-15/h2-6H,1H3,(H,19,20,21). The highest BCUT2D eigenvalue weighted by Gasteiger charge is 2.14. The van der Waals surface area contributed by atoms with Crippen molar-refractivity contribution in [1.29, 1.82) is 0 Å². The number of nitrogens with zero attached hydrogens (tertiary/aromatic N) is 1. The lowest BCUT2D eigenvalue weighted by Gasteiger charge is -2.05. The number of halogens is 3. The van der Waals surface area contributed by atoms with E-state index in [0.717, 1.165) is 29.5 Å². The Hall–Kier alpha value is -2.41. The van der Waals surface area contributed by atoms with Gasteiger partial charge in [-0.25, -0.2) is 18.2 Å². The summed E-state index contributed by atoms with van der Waals surface area (Å²) in [7, 11) is 0. The average Bonchev–Trinajstić information content (AvgIpc) is 2.83. The lowest BCUT2D eigenvalue weighted by Crippen LogP contribution is -2.13. The molecule has 1 aromatic heterocycles. The molecule has 0 aliphatic carbocycles. The molecule has 1 N–H and O–H groups in total. The van der Waals surface area contributed by atoms with Crippen LogP contribution in [0.15, 0.2) is 30.3 Å². The molecule has 0 aliphatic heterocycles. The van der Waals surface area contributed by atoms with Gasteiger partial charge in [0.25, 0.3) is 5.91 Å². The van der Waals surface area contributed by atoms with Gasteiger partial charge < -0.3 is 0 Å². The summed E-state index contributed by atoms with van der Waals surface area (Å²) in [5.74, 6) is -3.03. The van der Waals surface area contributed by atoms with Crippen molar-refractivity contribution in [3.05, 3.63) is 58.9 Å². The molecule has 1 amide bonds. The van der Waals surface area contributed by atoms with E-state index in [1.807, 2.05) is 0 Å². The zero-order valence-corrected chi connectivity index (χ0v) is 12.1. The van der Waals surface area contributed by atoms with Gasteiger partial charge in [0.15, 0.2) is 16.8 Å². The molecule has 112 valence electrons. The molecule has 0 saturated carbocycles. The fourth-order valence-corrected chi connectivity index (χ4v) is 2.85. The third kappa shape index (κ3) is 2.67. The smallest absolute Gasteiger partial charge is 0.257 e. The van der Waals surface area contributed by atoms with E-state index in [-0.39, 0.29) is 16.2 Å². The molecular weight excluding hydrogens is 313 g/mol. The largest absolute Gasteiger partial charge is 0.298 e. The molecule has 22 heavy (non-hydrogen) atoms. The maximum absolute atomic E-state index is 13.2. The minimum atomic E-state index is -1.00. The number of hydrogen-bond acceptors (Lipinski definition) is 3. The monoisotopic (exact) mass is 322 g/mol. The first-order valence-corrected chi connectivity index (χ1v) is 7.09. The van der Waals surface area contributed by atoms with E-state index >= 15 is 0 Å². The van der Waals surface area contributed by atoms with E-state index < -0.39 is 23.4 Å². The maximum Gasteiger partial charge on any atom is 0.257 e. The Kier molecular flexibility index (Phi) is 3.58. The molecule has 1 heterocycles. The predicted molar refractivity (Wildman–Crippen MR) is 78.6 cm³/mol. The first-order chi connectivity index (χ1) is 10.4. The number of fused-ring (bicyclic) bond motifs is 1. The van der Waals surface area contributed by atoms with Crippen LogP contribution in [0.5, 0.6) is 0 Å². The third-order valence-electron chi connectivity index (χ3n) is 3.10. The Bertz CT molecular complexity index is 853. The first-order valence-electron chi connectivity index (χ1n) is 6.27. The topological polar surface area (TPSA) is 42.0 Å². The molecule has 0 saturated heterocycles. The molecule has 0 atom stereocenters. The van der Waals surface area contributed by atoms with Crippen molar-refractivity contribution in [3.8, 4) is 0 Å². The van der Waals surface area contributed by atoms with Gasteiger partial charge in [0.05, 0.1) is 10.2 Å². The molecule has 0 spiro atoms. The Labute approximate surface area is 127 Å². The fourth-order valence-electron chi connectivity index (χ4n) is 1.98. The summed E-state index contributed by atoms with van der Waals surface area (Å²) in [4.78, 5) is 16.2. The van der Waals surface area contributed by atoms with Gasteiger partial charge in [-0.1, -0.05) is 17.4 Å². The maximum atomic E-state index is 13.2. The number of amides is 1. The van der Waals surface area contributed by atoms with Gasteiger partial charge >= 0.3 is 0 Å². The molecule has 0 bridgehead atoms. The Morgan fingerprint density at radius 1 is 1.14 bits per heavy atom. The quantitative estimate of drug-likeness (QED) is 0.765. The van der Waals surface area contributed by atoms with Crippen LogP contribution in [0.25, 0.3) is 10.2 Å². The van der Waals surface area contributed by atoms with Crippen LogP contribution in [0.3, 0.4) is 0 Å². The second-order valence-electron chi connectivity index (χ2n) is 4.67. The number of aryl methyl sites for hydroxylation is 1. The molecule has 0 aliphatic rings. The number of carbonyl (C=O) groups is 1. The minimum absolute atomic E-state index is 0.177. The number of benzene rings is 2. The summed E-state index contributed by atoms with van der Waals surface area (Å²) in [5, 5.41) is 2.70. The normalized spacial score (nSPS) is 10.9. The molecule has 7 heteroatoms. The van der Waals surface area contributed by atoms with E-state index in [1.54, 1.807) is 6.92 Å². The van der Waals surface area contributed by atoms with Crippen molar-refractivity contribution in [2.75, 3.05) is 5.32 Å². The Morgan fingerprint density at radius 3 is 2.64 bits per heavy atom. The van der Waals surface area contributed by atoms with Crippen molar-refractivity contribution in [3.63, 3.8) is 0 Å². The van der Waals surface area contributed by atoms with E-state index in [9.17, 15) is 18.0 Å². The molecule has 2 aromatic carbocycles. The van der Waals surface area contributed by atoms with Gasteiger partial charge in [0.1, 0.15) is 5.82 Å². The number of anilines is 1. The van der Waals surface area contributed by atoms with Crippen LogP contribution in [0.1, 0.15) is 15.9 Å². The van der Waals surface area contributed by atoms with Gasteiger partial charge in [0, 0.05) is 11.6 Å². The number of rotatable bonds is 2. The summed E-state index contributed by atoms with van der Waals surface area (Å²) in [6.45, 7) is 1.68. The number of aromatic nitrogens is 1. The SMILES string of the molecule is Cc1ccc(F)cc1C(=O)Nc1nc2cc(F)c(F)cc2s1. The van der Waals surface area contributed by atoms with Crippen LogP contribution in [0.4, 0.5) is 18.3 Å². The first kappa shape index (κ1) is 14.5. The number of hydrogen-bond donors (Lipinski definition) is 1. The average molecular weight is 322 g/mol. The third-order valence-corrected chi connectivity index (χ3v) is 4.03. The summed E-state index contributed by atoms with van der Waals surface area (Å²) < 4.78 is 39.9. The van der Waals surface area contributed by atoms with Crippen LogP contribution < -0.4 is 5.32 Å². The highest BCUT2D eigenvalue weighted by atomic mass is 32.1. The van der Waals surface area contributed by atoms with Crippen molar-refractivity contribution in [1.82, 2.24) is 4.98 Å². The van der Waals surface area contributed by atoms with Crippen LogP contribution in [-0.4, -0.2) is 10.9 Å². The van der Waals surface area contributed by atoms with Gasteiger partial charge in [-0.15, -0.1) is 0 Å². The predicted octanol–water partition coefficient (Wildman–Crippen LogP) is 4.27. The molecule has 3 nitrogen and oxygen atoms in total. The van der Waals surface area contributed by atoms with Crippen LogP contribution in [0, 0.1) is 24.4 Å². The number of nitrogens with one attached hydrogen (secondary N) is 1. The van der Waals surface area contributed by atoms with Crippen LogP contribution in [0.2, 0.25) is 0 Å². The second kappa shape index (κ2) is 5.42. The zero-order chi connectivity index (χ0) is 15.9. The minimum Gasteiger partial charge on any atom is -0.298 e. The van der Waals surface area contributed by atoms with Crippen molar-refractivity contribution >= 4 is 32.6 Å². The van der Waals surface area contributed by atoms with Crippen molar-refractivity contribution in [2.45, 2.75) is 6.92 Å². The highest BCUT2D eigenvalue weighted by molar-refractivity contribution is 7.22. The van der Waals surface area contributed by atoms with Gasteiger partial charge in [0.2, 0.25) is 0 Å². The number of carbonyl (C=O) groups excluding carboxylic acids is 1. The molecular formula is C15H9F3N2OS.